The van der Waals surface area contributed by atoms with Crippen LogP contribution >= 0.6 is 0 Å². The van der Waals surface area contributed by atoms with Crippen molar-refractivity contribution in [2.24, 2.45) is 5.84 Å². The molecule has 110 valence electrons. The number of piperidine rings is 1. The summed E-state index contributed by atoms with van der Waals surface area (Å²) in [6, 6.07) is 2.84. The molecule has 1 aromatic heterocycles. The minimum atomic E-state index is -3.56. The molecule has 2 aliphatic rings. The van der Waals surface area contributed by atoms with Gasteiger partial charge in [0.2, 0.25) is 10.0 Å². The molecule has 3 rings (SSSR count). The molecule has 0 amide bonds. The Labute approximate surface area is 117 Å². The zero-order valence-electron chi connectivity index (χ0n) is 10.9. The van der Waals surface area contributed by atoms with Crippen molar-refractivity contribution >= 4 is 15.8 Å². The van der Waals surface area contributed by atoms with Crippen molar-refractivity contribution in [2.75, 3.05) is 5.43 Å². The van der Waals surface area contributed by atoms with Crippen LogP contribution in [0.4, 0.5) is 5.82 Å². The number of aliphatic hydroxyl groups is 1. The van der Waals surface area contributed by atoms with Crippen LogP contribution in [0.25, 0.3) is 0 Å². The molecule has 2 fully saturated rings. The molecule has 2 unspecified atom stereocenters. The molecule has 7 nitrogen and oxygen atoms in total. The van der Waals surface area contributed by atoms with Crippen LogP contribution in [0.15, 0.2) is 23.2 Å². The van der Waals surface area contributed by atoms with Gasteiger partial charge in [-0.2, -0.15) is 4.31 Å². The second kappa shape index (κ2) is 4.96. The van der Waals surface area contributed by atoms with Gasteiger partial charge < -0.3 is 10.5 Å². The molecule has 2 atom stereocenters. The van der Waals surface area contributed by atoms with E-state index in [0.29, 0.717) is 18.7 Å². The zero-order chi connectivity index (χ0) is 14.3. The van der Waals surface area contributed by atoms with Gasteiger partial charge in [0.15, 0.2) is 0 Å². The standard InChI is InChI=1S/C12H18N4O3S/c13-15-12-4-3-11(7-14-12)20(18,19)16-8-1-2-9(16)6-10(17)5-8/h3-4,7-10,17H,1-2,5-6,13H2,(H,14,15). The van der Waals surface area contributed by atoms with Crippen LogP contribution in [-0.4, -0.2) is 41.0 Å². The van der Waals surface area contributed by atoms with Gasteiger partial charge in [-0.25, -0.2) is 19.2 Å². The lowest BCUT2D eigenvalue weighted by atomic mass is 10.0. The van der Waals surface area contributed by atoms with Crippen LogP contribution in [-0.2, 0) is 10.0 Å². The molecular weight excluding hydrogens is 280 g/mol. The van der Waals surface area contributed by atoms with Crippen molar-refractivity contribution in [2.45, 2.75) is 48.8 Å². The van der Waals surface area contributed by atoms with Gasteiger partial charge in [-0.3, -0.25) is 0 Å². The fourth-order valence-corrected chi connectivity index (χ4v) is 5.08. The number of anilines is 1. The van der Waals surface area contributed by atoms with Gasteiger partial charge in [0, 0.05) is 18.3 Å². The summed E-state index contributed by atoms with van der Waals surface area (Å²) in [5.74, 6) is 5.64. The number of nitrogen functional groups attached to an aromatic ring is 1. The molecule has 20 heavy (non-hydrogen) atoms. The first-order valence-electron chi connectivity index (χ1n) is 6.66. The van der Waals surface area contributed by atoms with Crippen LogP contribution in [0.2, 0.25) is 0 Å². The van der Waals surface area contributed by atoms with Gasteiger partial charge in [-0.05, 0) is 37.8 Å². The highest BCUT2D eigenvalue weighted by atomic mass is 32.2. The lowest BCUT2D eigenvalue weighted by Crippen LogP contribution is -2.47. The van der Waals surface area contributed by atoms with Gasteiger partial charge in [0.05, 0.1) is 6.10 Å². The largest absolute Gasteiger partial charge is 0.393 e. The molecule has 0 aromatic carbocycles. The maximum absolute atomic E-state index is 12.7. The third-order valence-corrected chi connectivity index (χ3v) is 6.09. The van der Waals surface area contributed by atoms with Crippen molar-refractivity contribution in [1.29, 1.82) is 0 Å². The molecule has 2 bridgehead atoms. The predicted octanol–water partition coefficient (Wildman–Crippen LogP) is 0.0436. The average molecular weight is 298 g/mol. The first-order valence-corrected chi connectivity index (χ1v) is 8.10. The number of hydrogen-bond donors (Lipinski definition) is 3. The first-order chi connectivity index (χ1) is 9.52. The maximum Gasteiger partial charge on any atom is 0.245 e. The first kappa shape index (κ1) is 13.7. The molecule has 2 saturated heterocycles. The van der Waals surface area contributed by atoms with Crippen molar-refractivity contribution in [3.05, 3.63) is 18.3 Å². The molecule has 0 saturated carbocycles. The van der Waals surface area contributed by atoms with Crippen LogP contribution in [0.1, 0.15) is 25.7 Å². The summed E-state index contributed by atoms with van der Waals surface area (Å²) in [7, 11) is -3.56. The molecule has 8 heteroatoms. The van der Waals surface area contributed by atoms with Crippen molar-refractivity contribution in [3.8, 4) is 0 Å². The Hall–Kier alpha value is -1.22. The van der Waals surface area contributed by atoms with E-state index < -0.39 is 10.0 Å². The highest BCUT2D eigenvalue weighted by Gasteiger charge is 2.46. The SMILES string of the molecule is NNc1ccc(S(=O)(=O)N2C3CCC2CC(O)C3)cn1. The van der Waals surface area contributed by atoms with E-state index >= 15 is 0 Å². The van der Waals surface area contributed by atoms with E-state index in [1.807, 2.05) is 0 Å². The Morgan fingerprint density at radius 3 is 2.45 bits per heavy atom. The van der Waals surface area contributed by atoms with E-state index in [-0.39, 0.29) is 23.1 Å². The Bertz CT molecular complexity index is 575. The average Bonchev–Trinajstić information content (AvgIpc) is 2.72. The Kier molecular flexibility index (Phi) is 3.41. The molecule has 0 radical (unpaired) electrons. The van der Waals surface area contributed by atoms with Crippen molar-refractivity contribution in [3.63, 3.8) is 0 Å². The Morgan fingerprint density at radius 2 is 1.95 bits per heavy atom. The van der Waals surface area contributed by atoms with Crippen LogP contribution < -0.4 is 11.3 Å². The molecule has 3 heterocycles. The van der Waals surface area contributed by atoms with Crippen molar-refractivity contribution in [1.82, 2.24) is 9.29 Å². The van der Waals surface area contributed by atoms with Gasteiger partial charge in [-0.1, -0.05) is 0 Å². The van der Waals surface area contributed by atoms with E-state index in [1.54, 1.807) is 4.31 Å². The molecule has 0 aliphatic carbocycles. The Balaban J connectivity index is 1.92. The number of pyridine rings is 1. The number of sulfonamides is 1. The van der Waals surface area contributed by atoms with E-state index in [1.165, 1.54) is 18.3 Å². The molecule has 4 N–H and O–H groups in total. The number of nitrogens with zero attached hydrogens (tertiary/aromatic N) is 2. The number of nitrogens with two attached hydrogens (primary N) is 1. The predicted molar refractivity (Wildman–Crippen MR) is 73.1 cm³/mol. The normalized spacial score (nSPS) is 30.4. The number of nitrogens with one attached hydrogen (secondary N) is 1. The summed E-state index contributed by atoms with van der Waals surface area (Å²) in [5.41, 5.74) is 2.37. The van der Waals surface area contributed by atoms with Crippen LogP contribution in [0.3, 0.4) is 0 Å². The summed E-state index contributed by atoms with van der Waals surface area (Å²) in [6.07, 6.45) is 3.60. The molecule has 0 spiro atoms. The third-order valence-electron chi connectivity index (χ3n) is 4.10. The minimum Gasteiger partial charge on any atom is -0.393 e. The zero-order valence-corrected chi connectivity index (χ0v) is 11.8. The number of hydrogen-bond acceptors (Lipinski definition) is 6. The highest BCUT2D eigenvalue weighted by molar-refractivity contribution is 7.89. The summed E-state index contributed by atoms with van der Waals surface area (Å²) >= 11 is 0. The number of fused-ring (bicyclic) bond motifs is 2. The molecular formula is C12H18N4O3S. The quantitative estimate of drug-likeness (QED) is 0.537. The van der Waals surface area contributed by atoms with Gasteiger partial charge in [-0.15, -0.1) is 0 Å². The van der Waals surface area contributed by atoms with Gasteiger partial charge in [0.1, 0.15) is 10.7 Å². The van der Waals surface area contributed by atoms with Gasteiger partial charge in [0.25, 0.3) is 0 Å². The molecule has 2 aliphatic heterocycles. The van der Waals surface area contributed by atoms with E-state index in [0.717, 1.165) is 12.8 Å². The highest BCUT2D eigenvalue weighted by Crippen LogP contribution is 2.39. The topological polar surface area (TPSA) is 109 Å². The fraction of sp³-hybridized carbons (Fsp3) is 0.583. The van der Waals surface area contributed by atoms with Gasteiger partial charge >= 0.3 is 0 Å². The second-order valence-electron chi connectivity index (χ2n) is 5.37. The Morgan fingerprint density at radius 1 is 1.30 bits per heavy atom. The number of hydrazine groups is 1. The van der Waals surface area contributed by atoms with Crippen LogP contribution in [0, 0.1) is 0 Å². The van der Waals surface area contributed by atoms with Crippen molar-refractivity contribution < 1.29 is 13.5 Å². The fourth-order valence-electron chi connectivity index (χ4n) is 3.24. The van der Waals surface area contributed by atoms with E-state index in [4.69, 9.17) is 5.84 Å². The summed E-state index contributed by atoms with van der Waals surface area (Å²) in [6.45, 7) is 0. The second-order valence-corrected chi connectivity index (χ2v) is 7.21. The monoisotopic (exact) mass is 298 g/mol. The minimum absolute atomic E-state index is 0.0962. The number of rotatable bonds is 3. The summed E-state index contributed by atoms with van der Waals surface area (Å²) < 4.78 is 27.0. The van der Waals surface area contributed by atoms with E-state index in [2.05, 4.69) is 10.4 Å². The number of aromatic nitrogens is 1. The van der Waals surface area contributed by atoms with Crippen LogP contribution in [0.5, 0.6) is 0 Å². The summed E-state index contributed by atoms with van der Waals surface area (Å²) in [4.78, 5) is 4.12. The maximum atomic E-state index is 12.7. The van der Waals surface area contributed by atoms with E-state index in [9.17, 15) is 13.5 Å². The molecule has 1 aromatic rings. The third kappa shape index (κ3) is 2.18. The lowest BCUT2D eigenvalue weighted by molar-refractivity contribution is 0.0768. The smallest absolute Gasteiger partial charge is 0.245 e. The summed E-state index contributed by atoms with van der Waals surface area (Å²) in [5, 5.41) is 9.76. The lowest BCUT2D eigenvalue weighted by Gasteiger charge is -2.35. The number of aliphatic hydroxyl groups excluding tert-OH is 1.